The van der Waals surface area contributed by atoms with Gasteiger partial charge in [-0.1, -0.05) is 47.5 Å². The molecular weight excluding hydrogens is 320 g/mol. The van der Waals surface area contributed by atoms with Crippen LogP contribution >= 0.6 is 15.9 Å². The number of nitrogens with zero attached hydrogens (tertiary/aromatic N) is 2. The minimum absolute atomic E-state index is 0.116. The van der Waals surface area contributed by atoms with E-state index in [2.05, 4.69) is 47.8 Å². The maximum absolute atomic E-state index is 10.8. The van der Waals surface area contributed by atoms with Crippen molar-refractivity contribution in [1.29, 1.82) is 0 Å². The van der Waals surface area contributed by atoms with Crippen LogP contribution in [0.25, 0.3) is 0 Å². The van der Waals surface area contributed by atoms with Crippen LogP contribution in [0.2, 0.25) is 0 Å². The van der Waals surface area contributed by atoms with Crippen molar-refractivity contribution in [2.45, 2.75) is 25.7 Å². The quantitative estimate of drug-likeness (QED) is 0.477. The molecule has 4 nitrogen and oxygen atoms in total. The number of halogens is 1. The van der Waals surface area contributed by atoms with E-state index in [0.29, 0.717) is 0 Å². The largest absolute Gasteiger partial charge is 0.302 e. The fourth-order valence-corrected chi connectivity index (χ4v) is 3.50. The lowest BCUT2D eigenvalue weighted by atomic mass is 9.75. The summed E-state index contributed by atoms with van der Waals surface area (Å²) < 4.78 is 0.802. The molecule has 5 heteroatoms. The van der Waals surface area contributed by atoms with E-state index in [0.717, 1.165) is 29.5 Å². The fourth-order valence-electron chi connectivity index (χ4n) is 2.64. The second kappa shape index (κ2) is 5.66. The third-order valence-corrected chi connectivity index (χ3v) is 4.71. The monoisotopic (exact) mass is 338 g/mol. The molecule has 0 bridgehead atoms. The highest BCUT2D eigenvalue weighted by Gasteiger charge is 2.29. The van der Waals surface area contributed by atoms with Gasteiger partial charge in [-0.15, -0.1) is 0 Å². The van der Waals surface area contributed by atoms with Crippen molar-refractivity contribution in [2.24, 2.45) is 0 Å². The maximum Gasteiger partial charge on any atom is 0.270 e. The predicted molar refractivity (Wildman–Crippen MR) is 84.0 cm³/mol. The van der Waals surface area contributed by atoms with Crippen LogP contribution in [-0.4, -0.2) is 30.0 Å². The summed E-state index contributed by atoms with van der Waals surface area (Å²) in [4.78, 5) is 12.7. The van der Waals surface area contributed by atoms with Crippen LogP contribution in [-0.2, 0) is 5.41 Å². The summed E-state index contributed by atoms with van der Waals surface area (Å²) >= 11 is 3.49. The van der Waals surface area contributed by atoms with Crippen molar-refractivity contribution >= 4 is 21.6 Å². The Morgan fingerprint density at radius 2 is 2.10 bits per heavy atom. The normalized spacial score (nSPS) is 16.9. The summed E-state index contributed by atoms with van der Waals surface area (Å²) in [7, 11) is 2.11. The molecule has 1 heterocycles. The van der Waals surface area contributed by atoms with E-state index in [9.17, 15) is 10.1 Å². The second-order valence-corrected chi connectivity index (χ2v) is 6.64. The molecule has 1 aliphatic heterocycles. The van der Waals surface area contributed by atoms with Gasteiger partial charge in [-0.3, -0.25) is 10.1 Å². The number of nitro benzene ring substituents is 1. The van der Waals surface area contributed by atoms with Crippen molar-refractivity contribution < 1.29 is 4.92 Å². The van der Waals surface area contributed by atoms with Gasteiger partial charge in [0, 0.05) is 35.1 Å². The smallest absolute Gasteiger partial charge is 0.270 e. The molecule has 1 aliphatic rings. The van der Waals surface area contributed by atoms with Crippen molar-refractivity contribution in [1.82, 2.24) is 4.90 Å². The van der Waals surface area contributed by atoms with Gasteiger partial charge < -0.3 is 4.90 Å². The number of hydrogen-bond donors (Lipinski definition) is 0. The Balaban J connectivity index is 2.37. The lowest BCUT2D eigenvalue weighted by molar-refractivity contribution is -0.384. The van der Waals surface area contributed by atoms with Gasteiger partial charge in [0.15, 0.2) is 0 Å². The van der Waals surface area contributed by atoms with Crippen LogP contribution in [0.15, 0.2) is 34.3 Å². The first kappa shape index (κ1) is 15.2. The van der Waals surface area contributed by atoms with Crippen LogP contribution in [0.3, 0.4) is 0 Å². The van der Waals surface area contributed by atoms with Gasteiger partial charge in [0.25, 0.3) is 5.69 Å². The summed E-state index contributed by atoms with van der Waals surface area (Å²) in [5.74, 6) is 0. The molecule has 2 rings (SSSR count). The summed E-state index contributed by atoms with van der Waals surface area (Å²) in [5.41, 5.74) is 2.49. The number of likely N-dealkylation sites (N-methyl/N-ethyl adjacent to an activating group) is 1. The van der Waals surface area contributed by atoms with Gasteiger partial charge in [0.1, 0.15) is 0 Å². The van der Waals surface area contributed by atoms with Gasteiger partial charge in [0.2, 0.25) is 0 Å². The predicted octanol–water partition coefficient (Wildman–Crippen LogP) is 3.90. The van der Waals surface area contributed by atoms with Gasteiger partial charge in [-0.05, 0) is 19.0 Å². The number of nitro groups is 1. The highest BCUT2D eigenvalue weighted by molar-refractivity contribution is 9.10. The van der Waals surface area contributed by atoms with Gasteiger partial charge >= 0.3 is 0 Å². The Hall–Kier alpha value is -1.20. The van der Waals surface area contributed by atoms with Crippen molar-refractivity contribution in [3.05, 3.63) is 50.0 Å². The number of rotatable bonds is 3. The number of hydrogen-bond acceptors (Lipinski definition) is 3. The van der Waals surface area contributed by atoms with E-state index in [1.807, 2.05) is 6.07 Å². The van der Waals surface area contributed by atoms with Crippen LogP contribution in [0.1, 0.15) is 25.8 Å². The molecule has 0 aromatic heterocycles. The molecular formula is C15H19BrN2O2. The molecule has 0 amide bonds. The molecule has 0 radical (unpaired) electrons. The van der Waals surface area contributed by atoms with E-state index in [1.54, 1.807) is 12.1 Å². The lowest BCUT2D eigenvalue weighted by Crippen LogP contribution is -2.31. The number of non-ortho nitro benzene ring substituents is 1. The summed E-state index contributed by atoms with van der Waals surface area (Å²) in [6.07, 6.45) is 3.31. The zero-order valence-electron chi connectivity index (χ0n) is 12.0. The highest BCUT2D eigenvalue weighted by atomic mass is 79.9. The van der Waals surface area contributed by atoms with E-state index in [-0.39, 0.29) is 16.0 Å². The summed E-state index contributed by atoms with van der Waals surface area (Å²) in [6.45, 7) is 6.37. The summed E-state index contributed by atoms with van der Waals surface area (Å²) in [5, 5.41) is 10.8. The third-order valence-electron chi connectivity index (χ3n) is 4.05. The SMILES string of the molecule is CN1CC=C(C(C)(C)c2ccc([N+](=O)[O-])cc2Br)CC1. The standard InChI is InChI=1S/C15H19BrN2O2/c1-15(2,11-6-8-17(3)9-7-11)13-5-4-12(18(19)20)10-14(13)16/h4-6,10H,7-9H2,1-3H3. The van der Waals surface area contributed by atoms with Gasteiger partial charge in [-0.25, -0.2) is 0 Å². The van der Waals surface area contributed by atoms with Crippen LogP contribution in [0.5, 0.6) is 0 Å². The first-order valence-electron chi connectivity index (χ1n) is 6.65. The average Bonchev–Trinajstić information content (AvgIpc) is 2.38. The second-order valence-electron chi connectivity index (χ2n) is 5.79. The zero-order valence-corrected chi connectivity index (χ0v) is 13.6. The molecule has 0 atom stereocenters. The molecule has 108 valence electrons. The molecule has 0 N–H and O–H groups in total. The molecule has 20 heavy (non-hydrogen) atoms. The molecule has 0 saturated carbocycles. The van der Waals surface area contributed by atoms with Crippen LogP contribution < -0.4 is 0 Å². The van der Waals surface area contributed by atoms with Crippen molar-refractivity contribution in [3.63, 3.8) is 0 Å². The molecule has 0 unspecified atom stereocenters. The first-order chi connectivity index (χ1) is 9.32. The topological polar surface area (TPSA) is 46.4 Å². The molecule has 1 aromatic carbocycles. The third kappa shape index (κ3) is 2.94. The Bertz CT molecular complexity index is 567. The van der Waals surface area contributed by atoms with Crippen molar-refractivity contribution in [3.8, 4) is 0 Å². The van der Waals surface area contributed by atoms with Gasteiger partial charge in [-0.2, -0.15) is 0 Å². The van der Waals surface area contributed by atoms with E-state index < -0.39 is 0 Å². The molecule has 0 aliphatic carbocycles. The summed E-state index contributed by atoms with van der Waals surface area (Å²) in [6, 6.07) is 5.03. The van der Waals surface area contributed by atoms with E-state index in [1.165, 1.54) is 5.57 Å². The van der Waals surface area contributed by atoms with Crippen LogP contribution in [0, 0.1) is 10.1 Å². The molecule has 0 spiro atoms. The lowest BCUT2D eigenvalue weighted by Gasteiger charge is -2.34. The Kier molecular flexibility index (Phi) is 4.30. The number of benzene rings is 1. The van der Waals surface area contributed by atoms with E-state index >= 15 is 0 Å². The minimum atomic E-state index is -0.365. The first-order valence-corrected chi connectivity index (χ1v) is 7.44. The zero-order chi connectivity index (χ0) is 14.9. The van der Waals surface area contributed by atoms with Crippen LogP contribution in [0.4, 0.5) is 5.69 Å². The fraction of sp³-hybridized carbons (Fsp3) is 0.467. The molecule has 1 aromatic rings. The molecule has 0 fully saturated rings. The maximum atomic E-state index is 10.8. The van der Waals surface area contributed by atoms with Crippen molar-refractivity contribution in [2.75, 3.05) is 20.1 Å². The minimum Gasteiger partial charge on any atom is -0.302 e. The average molecular weight is 339 g/mol. The highest BCUT2D eigenvalue weighted by Crippen LogP contribution is 2.39. The Morgan fingerprint density at radius 1 is 1.40 bits per heavy atom. The van der Waals surface area contributed by atoms with E-state index in [4.69, 9.17) is 0 Å². The molecule has 0 saturated heterocycles. The van der Waals surface area contributed by atoms with Gasteiger partial charge in [0.05, 0.1) is 4.92 Å². The Labute approximate surface area is 127 Å². The Morgan fingerprint density at radius 3 is 2.60 bits per heavy atom.